The van der Waals surface area contributed by atoms with Crippen LogP contribution in [0, 0.1) is 0 Å². The average Bonchev–Trinajstić information content (AvgIpc) is 2.71. The summed E-state index contributed by atoms with van der Waals surface area (Å²) in [6.07, 6.45) is 5.19. The molecular weight excluding hydrogens is 234 g/mol. The highest BCUT2D eigenvalue weighted by Gasteiger charge is 2.15. The highest BCUT2D eigenvalue weighted by molar-refractivity contribution is 7.15. The lowest BCUT2D eigenvalue weighted by Gasteiger charge is -2.06. The number of anilines is 1. The van der Waals surface area contributed by atoms with Gasteiger partial charge in [0.25, 0.3) is 0 Å². The fourth-order valence-corrected chi connectivity index (χ4v) is 3.03. The molecular formula is C12H19N3OS. The van der Waals surface area contributed by atoms with Crippen LogP contribution in [0.15, 0.2) is 0 Å². The smallest absolute Gasteiger partial charge is 0.227 e. The molecule has 1 heterocycles. The average molecular weight is 253 g/mol. The van der Waals surface area contributed by atoms with Crippen LogP contribution in [0.25, 0.3) is 0 Å². The first-order chi connectivity index (χ1) is 8.29. The van der Waals surface area contributed by atoms with Gasteiger partial charge in [-0.25, -0.2) is 4.98 Å². The van der Waals surface area contributed by atoms with Crippen molar-refractivity contribution in [3.8, 4) is 0 Å². The molecule has 2 N–H and O–H groups in total. The van der Waals surface area contributed by atoms with E-state index in [1.54, 1.807) is 11.3 Å². The van der Waals surface area contributed by atoms with Gasteiger partial charge in [-0.1, -0.05) is 6.92 Å². The molecule has 1 amide bonds. The molecule has 0 aromatic carbocycles. The molecule has 1 aliphatic carbocycles. The second kappa shape index (κ2) is 6.12. The van der Waals surface area contributed by atoms with Gasteiger partial charge in [0.2, 0.25) is 5.91 Å². The first-order valence-electron chi connectivity index (χ1n) is 6.28. The van der Waals surface area contributed by atoms with Crippen molar-refractivity contribution in [2.24, 2.45) is 0 Å². The van der Waals surface area contributed by atoms with E-state index in [1.165, 1.54) is 23.4 Å². The van der Waals surface area contributed by atoms with Crippen molar-refractivity contribution >= 4 is 22.4 Å². The summed E-state index contributed by atoms with van der Waals surface area (Å²) in [5.74, 6) is 0.0528. The fraction of sp³-hybridized carbons (Fsp3) is 0.667. The summed E-state index contributed by atoms with van der Waals surface area (Å²) in [4.78, 5) is 17.5. The minimum atomic E-state index is 0.0528. The maximum atomic E-state index is 11.6. The van der Waals surface area contributed by atoms with Crippen LogP contribution in [-0.2, 0) is 17.6 Å². The third-order valence-corrected chi connectivity index (χ3v) is 3.94. The Morgan fingerprint density at radius 3 is 3.00 bits per heavy atom. The highest BCUT2D eigenvalue weighted by Crippen LogP contribution is 2.29. The molecule has 1 aromatic rings. The van der Waals surface area contributed by atoms with E-state index >= 15 is 0 Å². The predicted octanol–water partition coefficient (Wildman–Crippen LogP) is 1.96. The normalized spacial score (nSPS) is 14.4. The molecule has 0 unspecified atom stereocenters. The Labute approximate surface area is 106 Å². The fourth-order valence-electron chi connectivity index (χ4n) is 1.97. The van der Waals surface area contributed by atoms with Crippen molar-refractivity contribution in [3.63, 3.8) is 0 Å². The summed E-state index contributed by atoms with van der Waals surface area (Å²) in [7, 11) is 0. The molecule has 0 saturated carbocycles. The topological polar surface area (TPSA) is 54.0 Å². The summed E-state index contributed by atoms with van der Waals surface area (Å²) in [6, 6.07) is 0. The lowest BCUT2D eigenvalue weighted by Crippen LogP contribution is -2.21. The number of fused-ring (bicyclic) bond motifs is 1. The van der Waals surface area contributed by atoms with Gasteiger partial charge < -0.3 is 10.6 Å². The minimum absolute atomic E-state index is 0.0528. The molecule has 94 valence electrons. The van der Waals surface area contributed by atoms with Crippen LogP contribution in [0.4, 0.5) is 5.13 Å². The van der Waals surface area contributed by atoms with Crippen LogP contribution in [0.1, 0.15) is 36.8 Å². The number of amides is 1. The monoisotopic (exact) mass is 253 g/mol. The van der Waals surface area contributed by atoms with Gasteiger partial charge >= 0.3 is 0 Å². The van der Waals surface area contributed by atoms with Crippen LogP contribution < -0.4 is 10.6 Å². The first-order valence-corrected chi connectivity index (χ1v) is 7.10. The first kappa shape index (κ1) is 12.5. The zero-order valence-corrected chi connectivity index (χ0v) is 11.0. The van der Waals surface area contributed by atoms with Crippen molar-refractivity contribution in [2.45, 2.75) is 39.0 Å². The number of carbonyl (C=O) groups is 1. The molecule has 1 aromatic heterocycles. The van der Waals surface area contributed by atoms with Crippen molar-refractivity contribution < 1.29 is 4.79 Å². The summed E-state index contributed by atoms with van der Waals surface area (Å²) < 4.78 is 0. The van der Waals surface area contributed by atoms with Crippen LogP contribution in [0.3, 0.4) is 0 Å². The zero-order chi connectivity index (χ0) is 12.1. The number of carbonyl (C=O) groups excluding carboxylic acids is 1. The lowest BCUT2D eigenvalue weighted by atomic mass is 10.0. The Morgan fingerprint density at radius 2 is 2.24 bits per heavy atom. The van der Waals surface area contributed by atoms with E-state index in [9.17, 15) is 4.79 Å². The van der Waals surface area contributed by atoms with Gasteiger partial charge in [-0.15, -0.1) is 11.3 Å². The Balaban J connectivity index is 1.86. The van der Waals surface area contributed by atoms with E-state index in [0.717, 1.165) is 31.1 Å². The Bertz CT molecular complexity index is 366. The summed E-state index contributed by atoms with van der Waals surface area (Å²) in [5, 5.41) is 6.80. The lowest BCUT2D eigenvalue weighted by molar-refractivity contribution is -0.116. The van der Waals surface area contributed by atoms with E-state index < -0.39 is 0 Å². The molecule has 17 heavy (non-hydrogen) atoms. The predicted molar refractivity (Wildman–Crippen MR) is 70.5 cm³/mol. The van der Waals surface area contributed by atoms with Crippen molar-refractivity contribution in [1.82, 2.24) is 10.3 Å². The summed E-state index contributed by atoms with van der Waals surface area (Å²) in [6.45, 7) is 3.67. The standard InChI is InChI=1S/C12H19N3OS/c1-2-13-8-7-11(16)15-12-14-9-5-3-4-6-10(9)17-12/h13H,2-8H2,1H3,(H,14,15,16). The molecule has 0 saturated heterocycles. The van der Waals surface area contributed by atoms with E-state index in [-0.39, 0.29) is 5.91 Å². The minimum Gasteiger partial charge on any atom is -0.316 e. The number of aryl methyl sites for hydroxylation is 2. The third-order valence-electron chi connectivity index (χ3n) is 2.87. The van der Waals surface area contributed by atoms with Crippen LogP contribution in [-0.4, -0.2) is 24.0 Å². The largest absolute Gasteiger partial charge is 0.316 e. The number of hydrogen-bond donors (Lipinski definition) is 2. The van der Waals surface area contributed by atoms with Gasteiger partial charge in [-0.2, -0.15) is 0 Å². The van der Waals surface area contributed by atoms with Crippen molar-refractivity contribution in [2.75, 3.05) is 18.4 Å². The van der Waals surface area contributed by atoms with Crippen molar-refractivity contribution in [3.05, 3.63) is 10.6 Å². The second-order valence-corrected chi connectivity index (χ2v) is 5.33. The van der Waals surface area contributed by atoms with E-state index in [4.69, 9.17) is 0 Å². The van der Waals surface area contributed by atoms with Crippen LogP contribution >= 0.6 is 11.3 Å². The van der Waals surface area contributed by atoms with Gasteiger partial charge in [0.1, 0.15) is 0 Å². The van der Waals surface area contributed by atoms with Gasteiger partial charge in [0.05, 0.1) is 5.69 Å². The number of hydrogen-bond acceptors (Lipinski definition) is 4. The Kier molecular flexibility index (Phi) is 4.50. The molecule has 0 fully saturated rings. The summed E-state index contributed by atoms with van der Waals surface area (Å²) in [5.41, 5.74) is 1.20. The van der Waals surface area contributed by atoms with Crippen LogP contribution in [0.2, 0.25) is 0 Å². The molecule has 4 nitrogen and oxygen atoms in total. The highest BCUT2D eigenvalue weighted by atomic mass is 32.1. The number of aromatic nitrogens is 1. The number of nitrogens with one attached hydrogen (secondary N) is 2. The third kappa shape index (κ3) is 3.51. The number of rotatable bonds is 5. The number of thiazole rings is 1. The van der Waals surface area contributed by atoms with Crippen LogP contribution in [0.5, 0.6) is 0 Å². The van der Waals surface area contributed by atoms with Gasteiger partial charge in [-0.3, -0.25) is 4.79 Å². The maximum absolute atomic E-state index is 11.6. The molecule has 0 bridgehead atoms. The molecule has 0 aliphatic heterocycles. The molecule has 0 atom stereocenters. The molecule has 1 aliphatic rings. The van der Waals surface area contributed by atoms with Gasteiger partial charge in [0, 0.05) is 17.8 Å². The molecule has 0 spiro atoms. The molecule has 5 heteroatoms. The Morgan fingerprint density at radius 1 is 1.41 bits per heavy atom. The van der Waals surface area contributed by atoms with Crippen molar-refractivity contribution in [1.29, 1.82) is 0 Å². The van der Waals surface area contributed by atoms with E-state index in [1.807, 2.05) is 6.92 Å². The van der Waals surface area contributed by atoms with Gasteiger partial charge in [-0.05, 0) is 32.2 Å². The molecule has 0 radical (unpaired) electrons. The number of nitrogens with zero attached hydrogens (tertiary/aromatic N) is 1. The maximum Gasteiger partial charge on any atom is 0.227 e. The van der Waals surface area contributed by atoms with E-state index in [2.05, 4.69) is 15.6 Å². The molecule has 2 rings (SSSR count). The second-order valence-electron chi connectivity index (χ2n) is 4.25. The van der Waals surface area contributed by atoms with E-state index in [0.29, 0.717) is 6.42 Å². The quantitative estimate of drug-likeness (QED) is 0.789. The SMILES string of the molecule is CCNCCC(=O)Nc1nc2c(s1)CCCC2. The van der Waals surface area contributed by atoms with Gasteiger partial charge in [0.15, 0.2) is 5.13 Å². The Hall–Kier alpha value is -0.940. The summed E-state index contributed by atoms with van der Waals surface area (Å²) >= 11 is 1.64. The zero-order valence-electron chi connectivity index (χ0n) is 10.2.